The van der Waals surface area contributed by atoms with Crippen molar-refractivity contribution in [3.63, 3.8) is 0 Å². The maximum absolute atomic E-state index is 3.60. The molecule has 0 aliphatic heterocycles. The van der Waals surface area contributed by atoms with E-state index in [2.05, 4.69) is 13.5 Å². The largest absolute Gasteiger partial charge is 0.0991 e. The lowest BCUT2D eigenvalue weighted by molar-refractivity contribution is 1.82. The minimum Gasteiger partial charge on any atom is -0.0991 e. The monoisotopic (exact) mass is 327 g/mol. The van der Waals surface area contributed by atoms with Crippen LogP contribution in [0, 0.1) is 6.92 Å². The van der Waals surface area contributed by atoms with Crippen LogP contribution in [0.4, 0.5) is 0 Å². The SMILES string of the molecule is [CH2]/C=C/C=C/C=C/C=C/C=C/C=C/C=C/C=C/C=C/C=C/C=C/C=C. The summed E-state index contributed by atoms with van der Waals surface area (Å²) in [6.07, 6.45) is 44.8. The van der Waals surface area contributed by atoms with Crippen LogP contribution < -0.4 is 0 Å². The van der Waals surface area contributed by atoms with Crippen LogP contribution in [0.25, 0.3) is 0 Å². The first kappa shape index (κ1) is 21.9. The Kier molecular flexibility index (Phi) is 18.3. The minimum absolute atomic E-state index is 1.75. The summed E-state index contributed by atoms with van der Waals surface area (Å²) in [5.41, 5.74) is 0. The first-order valence-corrected chi connectivity index (χ1v) is 8.15. The van der Waals surface area contributed by atoms with Gasteiger partial charge in [-0.15, -0.1) is 0 Å². The Morgan fingerprint density at radius 3 is 0.680 bits per heavy atom. The van der Waals surface area contributed by atoms with Gasteiger partial charge in [-0.1, -0.05) is 146 Å². The Balaban J connectivity index is 3.92. The van der Waals surface area contributed by atoms with E-state index in [9.17, 15) is 0 Å². The van der Waals surface area contributed by atoms with Crippen LogP contribution in [0.1, 0.15) is 0 Å². The molecule has 0 heterocycles. The normalized spacial score (nSPS) is 14.6. The fraction of sp³-hybridized carbons (Fsp3) is 0. The van der Waals surface area contributed by atoms with Gasteiger partial charge in [-0.3, -0.25) is 0 Å². The molecule has 0 N–H and O–H groups in total. The van der Waals surface area contributed by atoms with Gasteiger partial charge in [0.2, 0.25) is 0 Å². The second-order valence-corrected chi connectivity index (χ2v) is 4.51. The maximum Gasteiger partial charge on any atom is -0.0313 e. The van der Waals surface area contributed by atoms with E-state index in [-0.39, 0.29) is 0 Å². The van der Waals surface area contributed by atoms with Gasteiger partial charge in [-0.2, -0.15) is 0 Å². The maximum atomic E-state index is 3.60. The Morgan fingerprint density at radius 2 is 0.480 bits per heavy atom. The van der Waals surface area contributed by atoms with Gasteiger partial charge in [-0.25, -0.2) is 0 Å². The van der Waals surface area contributed by atoms with Crippen molar-refractivity contribution in [1.29, 1.82) is 0 Å². The van der Waals surface area contributed by atoms with Crippen LogP contribution in [0.2, 0.25) is 0 Å². The lowest BCUT2D eigenvalue weighted by Crippen LogP contribution is -1.54. The Morgan fingerprint density at radius 1 is 0.280 bits per heavy atom. The molecule has 0 rings (SSSR count). The predicted octanol–water partition coefficient (Wildman–Crippen LogP) is 7.12. The third-order valence-corrected chi connectivity index (χ3v) is 2.49. The summed E-state index contributed by atoms with van der Waals surface area (Å²) in [5.74, 6) is 0. The zero-order valence-corrected chi connectivity index (χ0v) is 14.7. The summed E-state index contributed by atoms with van der Waals surface area (Å²) in [6, 6.07) is 0. The summed E-state index contributed by atoms with van der Waals surface area (Å²) in [4.78, 5) is 0. The molecule has 0 amide bonds. The Bertz CT molecular complexity index is 634. The van der Waals surface area contributed by atoms with E-state index >= 15 is 0 Å². The van der Waals surface area contributed by atoms with Crippen molar-refractivity contribution in [2.24, 2.45) is 0 Å². The van der Waals surface area contributed by atoms with Gasteiger partial charge >= 0.3 is 0 Å². The molecule has 0 bridgehead atoms. The van der Waals surface area contributed by atoms with Crippen LogP contribution >= 0.6 is 0 Å². The second-order valence-electron chi connectivity index (χ2n) is 4.51. The minimum atomic E-state index is 1.75. The first-order valence-electron chi connectivity index (χ1n) is 8.15. The van der Waals surface area contributed by atoms with Crippen molar-refractivity contribution in [2.75, 3.05) is 0 Å². The van der Waals surface area contributed by atoms with Gasteiger partial charge in [0.05, 0.1) is 0 Å². The summed E-state index contributed by atoms with van der Waals surface area (Å²) in [7, 11) is 0. The van der Waals surface area contributed by atoms with Crippen molar-refractivity contribution in [3.05, 3.63) is 153 Å². The van der Waals surface area contributed by atoms with E-state index in [1.54, 1.807) is 12.2 Å². The van der Waals surface area contributed by atoms with E-state index in [0.29, 0.717) is 0 Å². The van der Waals surface area contributed by atoms with Gasteiger partial charge in [0, 0.05) is 0 Å². The average Bonchev–Trinajstić information content (AvgIpc) is 2.63. The molecule has 0 saturated carbocycles. The summed E-state index contributed by atoms with van der Waals surface area (Å²) < 4.78 is 0. The van der Waals surface area contributed by atoms with Crippen LogP contribution in [-0.2, 0) is 0 Å². The molecule has 0 aromatic rings. The third kappa shape index (κ3) is 20.9. The molecule has 0 aliphatic carbocycles. The van der Waals surface area contributed by atoms with Gasteiger partial charge in [0.25, 0.3) is 0 Å². The molecule has 0 fully saturated rings. The van der Waals surface area contributed by atoms with Crippen molar-refractivity contribution < 1.29 is 0 Å². The molecule has 25 heavy (non-hydrogen) atoms. The average molecular weight is 327 g/mol. The molecule has 0 atom stereocenters. The Hall–Kier alpha value is -3.12. The highest BCUT2D eigenvalue weighted by atomic mass is 13.7. The van der Waals surface area contributed by atoms with Crippen molar-refractivity contribution >= 4 is 0 Å². The van der Waals surface area contributed by atoms with Crippen LogP contribution in [0.3, 0.4) is 0 Å². The van der Waals surface area contributed by atoms with Crippen molar-refractivity contribution in [2.45, 2.75) is 0 Å². The smallest absolute Gasteiger partial charge is 0.0313 e. The van der Waals surface area contributed by atoms with E-state index in [4.69, 9.17) is 0 Å². The standard InChI is InChI=1S/C25H27/c1-3-5-7-9-11-13-15-17-19-21-23-25-24-22-20-18-16-14-12-10-8-6-4-2/h3-25H,1-2H2/b5-3+,8-6+,9-7+,12-10+,13-11+,16-14+,17-15+,20-18+,21-19+,24-22+,25-23+. The molecular formula is C25H27. The van der Waals surface area contributed by atoms with E-state index < -0.39 is 0 Å². The zero-order valence-electron chi connectivity index (χ0n) is 14.7. The predicted molar refractivity (Wildman–Crippen MR) is 116 cm³/mol. The molecular weight excluding hydrogens is 300 g/mol. The molecule has 0 nitrogen and oxygen atoms in total. The van der Waals surface area contributed by atoms with E-state index in [1.165, 1.54) is 0 Å². The fourth-order valence-electron chi connectivity index (χ4n) is 1.38. The van der Waals surface area contributed by atoms with E-state index in [0.717, 1.165) is 0 Å². The number of hydrogen-bond acceptors (Lipinski definition) is 0. The molecule has 0 aromatic heterocycles. The lowest BCUT2D eigenvalue weighted by atomic mass is 10.3. The van der Waals surface area contributed by atoms with Crippen molar-refractivity contribution in [3.8, 4) is 0 Å². The van der Waals surface area contributed by atoms with Gasteiger partial charge in [0.15, 0.2) is 0 Å². The molecule has 127 valence electrons. The highest BCUT2D eigenvalue weighted by molar-refractivity contribution is 5.23. The number of allylic oxidation sites excluding steroid dienone is 23. The summed E-state index contributed by atoms with van der Waals surface area (Å²) >= 11 is 0. The molecule has 0 saturated heterocycles. The van der Waals surface area contributed by atoms with Crippen LogP contribution in [-0.4, -0.2) is 0 Å². The zero-order chi connectivity index (χ0) is 18.3. The first-order chi connectivity index (χ1) is 12.4. The molecule has 0 aromatic carbocycles. The molecule has 0 unspecified atom stereocenters. The van der Waals surface area contributed by atoms with Gasteiger partial charge in [-0.05, 0) is 6.92 Å². The van der Waals surface area contributed by atoms with E-state index in [1.807, 2.05) is 128 Å². The van der Waals surface area contributed by atoms with Gasteiger partial charge < -0.3 is 0 Å². The summed E-state index contributed by atoms with van der Waals surface area (Å²) in [5, 5.41) is 0. The van der Waals surface area contributed by atoms with Crippen LogP contribution in [0.5, 0.6) is 0 Å². The molecule has 0 spiro atoms. The highest BCUT2D eigenvalue weighted by Gasteiger charge is 1.65. The number of hydrogen-bond donors (Lipinski definition) is 0. The summed E-state index contributed by atoms with van der Waals surface area (Å²) in [6.45, 7) is 7.21. The lowest BCUT2D eigenvalue weighted by Gasteiger charge is -1.76. The molecule has 0 aliphatic rings. The quantitative estimate of drug-likeness (QED) is 0.354. The third-order valence-electron chi connectivity index (χ3n) is 2.49. The van der Waals surface area contributed by atoms with Crippen LogP contribution in [0.15, 0.2) is 146 Å². The second kappa shape index (κ2) is 20.9. The van der Waals surface area contributed by atoms with Crippen molar-refractivity contribution in [1.82, 2.24) is 0 Å². The molecule has 0 heteroatoms. The van der Waals surface area contributed by atoms with Gasteiger partial charge in [0.1, 0.15) is 0 Å². The fourth-order valence-corrected chi connectivity index (χ4v) is 1.38. The highest BCUT2D eigenvalue weighted by Crippen LogP contribution is 1.87. The molecule has 1 radical (unpaired) electrons. The Labute approximate surface area is 153 Å². The topological polar surface area (TPSA) is 0 Å². The number of rotatable bonds is 11.